The van der Waals surface area contributed by atoms with Gasteiger partial charge in [-0.25, -0.2) is 0 Å². The summed E-state index contributed by atoms with van der Waals surface area (Å²) in [7, 11) is 1.66. The van der Waals surface area contributed by atoms with Crippen LogP contribution in [0.15, 0.2) is 0 Å². The molecule has 0 aromatic carbocycles. The molecule has 0 heterocycles. The third kappa shape index (κ3) is 6.47. The zero-order chi connectivity index (χ0) is 11.7. The van der Waals surface area contributed by atoms with E-state index in [1.807, 2.05) is 18.7 Å². The van der Waals surface area contributed by atoms with E-state index in [1.54, 1.807) is 7.11 Å². The molecule has 0 aromatic rings. The van der Waals surface area contributed by atoms with Crippen LogP contribution in [0.5, 0.6) is 0 Å². The molecular formula is C11H24N2O2. The summed E-state index contributed by atoms with van der Waals surface area (Å²) in [6, 6.07) is 0. The lowest BCUT2D eigenvalue weighted by Crippen LogP contribution is -2.34. The van der Waals surface area contributed by atoms with Crippen LogP contribution in [0.25, 0.3) is 0 Å². The van der Waals surface area contributed by atoms with Gasteiger partial charge in [-0.3, -0.25) is 4.79 Å². The Morgan fingerprint density at radius 2 is 2.20 bits per heavy atom. The van der Waals surface area contributed by atoms with E-state index in [2.05, 4.69) is 0 Å². The van der Waals surface area contributed by atoms with E-state index >= 15 is 0 Å². The van der Waals surface area contributed by atoms with Gasteiger partial charge in [0, 0.05) is 33.2 Å². The first kappa shape index (κ1) is 14.4. The van der Waals surface area contributed by atoms with Gasteiger partial charge in [0.2, 0.25) is 5.91 Å². The lowest BCUT2D eigenvalue weighted by atomic mass is 10.1. The summed E-state index contributed by atoms with van der Waals surface area (Å²) >= 11 is 0. The summed E-state index contributed by atoms with van der Waals surface area (Å²) in [4.78, 5) is 13.7. The number of hydrogen-bond donors (Lipinski definition) is 1. The monoisotopic (exact) mass is 216 g/mol. The highest BCUT2D eigenvalue weighted by molar-refractivity contribution is 5.76. The Kier molecular flexibility index (Phi) is 8.33. The van der Waals surface area contributed by atoms with E-state index in [0.29, 0.717) is 19.6 Å². The van der Waals surface area contributed by atoms with Gasteiger partial charge < -0.3 is 15.4 Å². The van der Waals surface area contributed by atoms with Gasteiger partial charge in [-0.1, -0.05) is 6.92 Å². The number of methoxy groups -OCH3 is 1. The largest absolute Gasteiger partial charge is 0.384 e. The Balaban J connectivity index is 3.91. The molecule has 0 aliphatic rings. The summed E-state index contributed by atoms with van der Waals surface area (Å²) in [5.74, 6) is 0.491. The normalized spacial score (nSPS) is 12.5. The molecule has 0 rings (SSSR count). The molecule has 0 aromatic heterocycles. The third-order valence-electron chi connectivity index (χ3n) is 2.34. The number of carbonyl (C=O) groups excluding carboxylic acids is 1. The number of amides is 1. The molecule has 0 bridgehead atoms. The van der Waals surface area contributed by atoms with Crippen LogP contribution < -0.4 is 5.73 Å². The number of rotatable bonds is 8. The highest BCUT2D eigenvalue weighted by Gasteiger charge is 2.14. The van der Waals surface area contributed by atoms with Crippen molar-refractivity contribution in [1.29, 1.82) is 0 Å². The Morgan fingerprint density at radius 1 is 1.53 bits per heavy atom. The Bertz CT molecular complexity index is 174. The maximum atomic E-state index is 11.8. The molecule has 4 nitrogen and oxygen atoms in total. The number of hydrogen-bond acceptors (Lipinski definition) is 3. The van der Waals surface area contributed by atoms with Crippen molar-refractivity contribution < 1.29 is 9.53 Å². The van der Waals surface area contributed by atoms with Gasteiger partial charge in [0.25, 0.3) is 0 Å². The van der Waals surface area contributed by atoms with Gasteiger partial charge in [-0.2, -0.15) is 0 Å². The predicted octanol–water partition coefficient (Wildman–Crippen LogP) is 0.856. The first-order valence-electron chi connectivity index (χ1n) is 5.62. The average molecular weight is 216 g/mol. The molecule has 15 heavy (non-hydrogen) atoms. The third-order valence-corrected chi connectivity index (χ3v) is 2.34. The van der Waals surface area contributed by atoms with Crippen LogP contribution in [0.1, 0.15) is 26.7 Å². The number of carbonyl (C=O) groups is 1. The molecule has 0 fully saturated rings. The predicted molar refractivity (Wildman–Crippen MR) is 61.6 cm³/mol. The van der Waals surface area contributed by atoms with Crippen LogP contribution in [-0.2, 0) is 9.53 Å². The minimum absolute atomic E-state index is 0.204. The highest BCUT2D eigenvalue weighted by atomic mass is 16.5. The van der Waals surface area contributed by atoms with E-state index in [0.717, 1.165) is 19.5 Å². The molecule has 0 saturated heterocycles. The van der Waals surface area contributed by atoms with E-state index in [1.165, 1.54) is 0 Å². The number of nitrogens with two attached hydrogens (primary N) is 1. The molecule has 90 valence electrons. The molecule has 2 N–H and O–H groups in total. The zero-order valence-corrected chi connectivity index (χ0v) is 10.2. The first-order chi connectivity index (χ1) is 7.15. The maximum absolute atomic E-state index is 11.8. The summed E-state index contributed by atoms with van der Waals surface area (Å²) in [6.45, 7) is 6.83. The Hall–Kier alpha value is -0.610. The van der Waals surface area contributed by atoms with Crippen LogP contribution in [-0.4, -0.2) is 44.2 Å². The second-order valence-electron chi connectivity index (χ2n) is 3.88. The lowest BCUT2D eigenvalue weighted by molar-refractivity contribution is -0.132. The topological polar surface area (TPSA) is 55.6 Å². The van der Waals surface area contributed by atoms with Crippen LogP contribution in [0, 0.1) is 5.92 Å². The number of ether oxygens (including phenoxy) is 1. The summed E-state index contributed by atoms with van der Waals surface area (Å²) < 4.78 is 5.01. The van der Waals surface area contributed by atoms with E-state index in [-0.39, 0.29) is 11.8 Å². The molecule has 0 spiro atoms. The van der Waals surface area contributed by atoms with E-state index < -0.39 is 0 Å². The van der Waals surface area contributed by atoms with Crippen LogP contribution in [0.2, 0.25) is 0 Å². The van der Waals surface area contributed by atoms with E-state index in [9.17, 15) is 4.79 Å². The van der Waals surface area contributed by atoms with Gasteiger partial charge in [0.05, 0.1) is 0 Å². The molecule has 4 heteroatoms. The molecule has 0 aliphatic heterocycles. The van der Waals surface area contributed by atoms with Gasteiger partial charge >= 0.3 is 0 Å². The summed E-state index contributed by atoms with van der Waals surface area (Å²) in [5, 5.41) is 0. The van der Waals surface area contributed by atoms with Crippen molar-refractivity contribution in [2.75, 3.05) is 33.4 Å². The van der Waals surface area contributed by atoms with Gasteiger partial charge in [-0.05, 0) is 25.8 Å². The fourth-order valence-corrected chi connectivity index (χ4v) is 1.51. The summed E-state index contributed by atoms with van der Waals surface area (Å²) in [6.07, 6.45) is 1.44. The quantitative estimate of drug-likeness (QED) is 0.654. The molecule has 1 unspecified atom stereocenters. The molecule has 0 saturated carbocycles. The fraction of sp³-hybridized carbons (Fsp3) is 0.909. The zero-order valence-electron chi connectivity index (χ0n) is 10.2. The highest BCUT2D eigenvalue weighted by Crippen LogP contribution is 2.06. The van der Waals surface area contributed by atoms with Crippen LogP contribution in [0.3, 0.4) is 0 Å². The van der Waals surface area contributed by atoms with Crippen molar-refractivity contribution in [2.45, 2.75) is 26.7 Å². The SMILES string of the molecule is CCN(CCCN)C(=O)CC(C)COC. The van der Waals surface area contributed by atoms with Gasteiger partial charge in [0.15, 0.2) is 0 Å². The van der Waals surface area contributed by atoms with Crippen molar-refractivity contribution in [2.24, 2.45) is 11.7 Å². The van der Waals surface area contributed by atoms with E-state index in [4.69, 9.17) is 10.5 Å². The van der Waals surface area contributed by atoms with Crippen molar-refractivity contribution >= 4 is 5.91 Å². The second-order valence-corrected chi connectivity index (χ2v) is 3.88. The molecule has 0 aliphatic carbocycles. The molecule has 1 amide bonds. The Labute approximate surface area is 92.8 Å². The van der Waals surface area contributed by atoms with Gasteiger partial charge in [0.1, 0.15) is 0 Å². The second kappa shape index (κ2) is 8.68. The van der Waals surface area contributed by atoms with Crippen molar-refractivity contribution in [3.05, 3.63) is 0 Å². The van der Waals surface area contributed by atoms with Crippen LogP contribution in [0.4, 0.5) is 0 Å². The molecular weight excluding hydrogens is 192 g/mol. The minimum Gasteiger partial charge on any atom is -0.384 e. The lowest BCUT2D eigenvalue weighted by Gasteiger charge is -2.22. The van der Waals surface area contributed by atoms with Crippen LogP contribution >= 0.6 is 0 Å². The minimum atomic E-state index is 0.204. The fourth-order valence-electron chi connectivity index (χ4n) is 1.51. The maximum Gasteiger partial charge on any atom is 0.222 e. The summed E-state index contributed by atoms with van der Waals surface area (Å²) in [5.41, 5.74) is 5.42. The van der Waals surface area contributed by atoms with Gasteiger partial charge in [-0.15, -0.1) is 0 Å². The average Bonchev–Trinajstić information content (AvgIpc) is 2.19. The molecule has 0 radical (unpaired) electrons. The first-order valence-corrected chi connectivity index (χ1v) is 5.62. The van der Waals surface area contributed by atoms with Crippen molar-refractivity contribution in [1.82, 2.24) is 4.90 Å². The molecule has 1 atom stereocenters. The Morgan fingerprint density at radius 3 is 2.67 bits per heavy atom. The van der Waals surface area contributed by atoms with Crippen molar-refractivity contribution in [3.8, 4) is 0 Å². The standard InChI is InChI=1S/C11H24N2O2/c1-4-13(7-5-6-12)11(14)8-10(2)9-15-3/h10H,4-9,12H2,1-3H3. The smallest absolute Gasteiger partial charge is 0.222 e. The van der Waals surface area contributed by atoms with Crippen molar-refractivity contribution in [3.63, 3.8) is 0 Å². The number of nitrogens with zero attached hydrogens (tertiary/aromatic N) is 1.